The van der Waals surface area contributed by atoms with E-state index in [9.17, 15) is 18.0 Å². The van der Waals surface area contributed by atoms with Crippen molar-refractivity contribution in [3.8, 4) is 5.75 Å². The van der Waals surface area contributed by atoms with Gasteiger partial charge in [-0.05, 0) is 66.6 Å². The fourth-order valence-corrected chi connectivity index (χ4v) is 6.67. The van der Waals surface area contributed by atoms with Gasteiger partial charge in [0.15, 0.2) is 0 Å². The number of carbonyl (C=O) groups excluding carboxylic acids is 2. The Morgan fingerprint density at radius 2 is 1.55 bits per heavy atom. The van der Waals surface area contributed by atoms with Gasteiger partial charge in [-0.15, -0.1) is 0 Å². The van der Waals surface area contributed by atoms with E-state index in [4.69, 9.17) is 4.74 Å². The number of carbonyl (C=O) groups is 2. The number of hydrogen-bond acceptors (Lipinski definition) is 5. The molecule has 42 heavy (non-hydrogen) atoms. The molecular formula is C33H41N3O5S. The lowest BCUT2D eigenvalue weighted by molar-refractivity contribution is -0.141. The second-order valence-electron chi connectivity index (χ2n) is 10.6. The molecule has 2 amide bonds. The van der Waals surface area contributed by atoms with Gasteiger partial charge in [-0.1, -0.05) is 61.5 Å². The third-order valence-corrected chi connectivity index (χ3v) is 9.50. The smallest absolute Gasteiger partial charge is 0.243 e. The number of benzene rings is 3. The van der Waals surface area contributed by atoms with Crippen LogP contribution in [0.4, 0.5) is 0 Å². The molecule has 1 heterocycles. The van der Waals surface area contributed by atoms with Crippen molar-refractivity contribution in [2.45, 2.75) is 62.9 Å². The van der Waals surface area contributed by atoms with E-state index in [1.807, 2.05) is 61.5 Å². The summed E-state index contributed by atoms with van der Waals surface area (Å²) in [5, 5.41) is 3.00. The Kier molecular flexibility index (Phi) is 11.1. The largest absolute Gasteiger partial charge is 0.497 e. The zero-order valence-electron chi connectivity index (χ0n) is 24.5. The molecule has 9 heteroatoms. The second kappa shape index (κ2) is 15.0. The van der Waals surface area contributed by atoms with Crippen molar-refractivity contribution in [2.75, 3.05) is 26.7 Å². The highest BCUT2D eigenvalue weighted by Gasteiger charge is 2.30. The summed E-state index contributed by atoms with van der Waals surface area (Å²) in [7, 11) is -1.89. The van der Waals surface area contributed by atoms with Gasteiger partial charge in [0.25, 0.3) is 0 Å². The molecule has 8 nitrogen and oxygen atoms in total. The van der Waals surface area contributed by atoms with Crippen LogP contribution >= 0.6 is 0 Å². The summed E-state index contributed by atoms with van der Waals surface area (Å²) in [4.78, 5) is 29.3. The first-order valence-corrected chi connectivity index (χ1v) is 16.1. The minimum Gasteiger partial charge on any atom is -0.497 e. The van der Waals surface area contributed by atoms with Crippen LogP contribution in [0, 0.1) is 0 Å². The molecule has 0 bridgehead atoms. The van der Waals surface area contributed by atoms with Crippen LogP contribution in [-0.2, 0) is 39.0 Å². The lowest BCUT2D eigenvalue weighted by atomic mass is 10.0. The number of amides is 2. The molecule has 0 aromatic heterocycles. The fourth-order valence-electron chi connectivity index (χ4n) is 5.15. The number of ether oxygens (including phenoxy) is 1. The fraction of sp³-hybridized carbons (Fsp3) is 0.394. The predicted octanol–water partition coefficient (Wildman–Crippen LogP) is 4.58. The molecule has 1 atom stereocenters. The highest BCUT2D eigenvalue weighted by atomic mass is 32.2. The highest BCUT2D eigenvalue weighted by molar-refractivity contribution is 7.89. The molecule has 1 aliphatic heterocycles. The van der Waals surface area contributed by atoms with Crippen molar-refractivity contribution in [3.63, 3.8) is 0 Å². The van der Waals surface area contributed by atoms with Crippen LogP contribution in [0.1, 0.15) is 49.3 Å². The van der Waals surface area contributed by atoms with Gasteiger partial charge in [0.1, 0.15) is 11.8 Å². The maximum atomic E-state index is 13.9. The molecule has 1 aliphatic rings. The number of methoxy groups -OCH3 is 1. The summed E-state index contributed by atoms with van der Waals surface area (Å²) in [6, 6.07) is 23.3. The Balaban J connectivity index is 1.54. The van der Waals surface area contributed by atoms with Gasteiger partial charge >= 0.3 is 0 Å². The summed E-state index contributed by atoms with van der Waals surface area (Å²) < 4.78 is 32.6. The standard InChI is InChI=1S/C33H41N3O5S/c1-3-21-34-33(38)31(24-27-9-5-4-6-10-27)36(25-28-11-16-29(41-2)17-12-28)32(37)20-15-26-13-18-30(19-14-26)42(39,40)35-22-7-8-23-35/h4-6,9-14,16-19,31H,3,7-8,15,20-25H2,1-2H3,(H,34,38). The van der Waals surface area contributed by atoms with Gasteiger partial charge in [0.05, 0.1) is 12.0 Å². The molecule has 4 rings (SSSR count). The van der Waals surface area contributed by atoms with Crippen molar-refractivity contribution in [3.05, 3.63) is 95.6 Å². The molecule has 0 aliphatic carbocycles. The quantitative estimate of drug-likeness (QED) is 0.296. The molecule has 1 fully saturated rings. The second-order valence-corrected chi connectivity index (χ2v) is 12.6. The summed E-state index contributed by atoms with van der Waals surface area (Å²) >= 11 is 0. The average Bonchev–Trinajstić information content (AvgIpc) is 3.58. The van der Waals surface area contributed by atoms with Gasteiger partial charge < -0.3 is 15.0 Å². The van der Waals surface area contributed by atoms with Crippen molar-refractivity contribution < 1.29 is 22.7 Å². The molecule has 3 aromatic carbocycles. The Morgan fingerprint density at radius 3 is 2.17 bits per heavy atom. The number of hydrogen-bond donors (Lipinski definition) is 1. The van der Waals surface area contributed by atoms with Crippen LogP contribution < -0.4 is 10.1 Å². The van der Waals surface area contributed by atoms with E-state index in [2.05, 4.69) is 5.32 Å². The molecule has 1 unspecified atom stereocenters. The average molecular weight is 592 g/mol. The maximum Gasteiger partial charge on any atom is 0.243 e. The van der Waals surface area contributed by atoms with Gasteiger partial charge in [-0.25, -0.2) is 8.42 Å². The summed E-state index contributed by atoms with van der Waals surface area (Å²) in [5.74, 6) is 0.388. The van der Waals surface area contributed by atoms with Crippen LogP contribution in [0.5, 0.6) is 5.75 Å². The van der Waals surface area contributed by atoms with Gasteiger partial charge in [0.2, 0.25) is 21.8 Å². The van der Waals surface area contributed by atoms with E-state index >= 15 is 0 Å². The number of sulfonamides is 1. The van der Waals surface area contributed by atoms with E-state index in [1.54, 1.807) is 36.3 Å². The Hall–Kier alpha value is -3.69. The number of nitrogens with one attached hydrogen (secondary N) is 1. The van der Waals surface area contributed by atoms with Crippen molar-refractivity contribution in [1.29, 1.82) is 0 Å². The third-order valence-electron chi connectivity index (χ3n) is 7.59. The normalized spacial score (nSPS) is 14.3. The van der Waals surface area contributed by atoms with E-state index in [0.29, 0.717) is 38.2 Å². The monoisotopic (exact) mass is 591 g/mol. The van der Waals surface area contributed by atoms with E-state index in [1.165, 1.54) is 4.31 Å². The number of nitrogens with zero attached hydrogens (tertiary/aromatic N) is 2. The first kappa shape index (κ1) is 31.3. The van der Waals surface area contributed by atoms with E-state index in [0.717, 1.165) is 36.0 Å². The Bertz CT molecular complexity index is 1400. The lowest BCUT2D eigenvalue weighted by Gasteiger charge is -2.31. The van der Waals surface area contributed by atoms with Gasteiger partial charge in [-0.3, -0.25) is 9.59 Å². The van der Waals surface area contributed by atoms with Crippen molar-refractivity contribution >= 4 is 21.8 Å². The highest BCUT2D eigenvalue weighted by Crippen LogP contribution is 2.22. The SMILES string of the molecule is CCCNC(=O)C(Cc1ccccc1)N(Cc1ccc(OC)cc1)C(=O)CCc1ccc(S(=O)(=O)N2CCCC2)cc1. The topological polar surface area (TPSA) is 96.0 Å². The molecule has 0 spiro atoms. The molecule has 0 saturated carbocycles. The molecule has 0 radical (unpaired) electrons. The summed E-state index contributed by atoms with van der Waals surface area (Å²) in [6.07, 6.45) is 3.56. The van der Waals surface area contributed by atoms with Gasteiger partial charge in [0, 0.05) is 39.0 Å². The molecule has 3 aromatic rings. The Labute approximate surface area is 249 Å². The third kappa shape index (κ3) is 8.20. The Morgan fingerprint density at radius 1 is 0.905 bits per heavy atom. The molecular weight excluding hydrogens is 550 g/mol. The number of rotatable bonds is 14. The zero-order valence-corrected chi connectivity index (χ0v) is 25.3. The molecule has 1 N–H and O–H groups in total. The first-order valence-electron chi connectivity index (χ1n) is 14.6. The van der Waals surface area contributed by atoms with Crippen LogP contribution in [0.3, 0.4) is 0 Å². The lowest BCUT2D eigenvalue weighted by Crippen LogP contribution is -2.50. The van der Waals surface area contributed by atoms with Crippen molar-refractivity contribution in [1.82, 2.24) is 14.5 Å². The van der Waals surface area contributed by atoms with Crippen molar-refractivity contribution in [2.24, 2.45) is 0 Å². The zero-order chi connectivity index (χ0) is 30.0. The van der Waals surface area contributed by atoms with Gasteiger partial charge in [-0.2, -0.15) is 4.31 Å². The maximum absolute atomic E-state index is 13.9. The van der Waals surface area contributed by atoms with E-state index in [-0.39, 0.29) is 29.7 Å². The number of aryl methyl sites for hydroxylation is 1. The van der Waals surface area contributed by atoms with Crippen LogP contribution in [0.25, 0.3) is 0 Å². The van der Waals surface area contributed by atoms with Crippen LogP contribution in [0.2, 0.25) is 0 Å². The molecule has 1 saturated heterocycles. The van der Waals surface area contributed by atoms with Crippen LogP contribution in [0.15, 0.2) is 83.8 Å². The minimum atomic E-state index is -3.49. The van der Waals surface area contributed by atoms with Crippen LogP contribution in [-0.4, -0.2) is 62.2 Å². The predicted molar refractivity (Wildman–Crippen MR) is 164 cm³/mol. The first-order chi connectivity index (χ1) is 20.3. The molecule has 224 valence electrons. The summed E-state index contributed by atoms with van der Waals surface area (Å²) in [6.45, 7) is 3.90. The van der Waals surface area contributed by atoms with E-state index < -0.39 is 16.1 Å². The summed E-state index contributed by atoms with van der Waals surface area (Å²) in [5.41, 5.74) is 2.72. The minimum absolute atomic E-state index is 0.146.